The third kappa shape index (κ3) is 5.37. The Balaban J connectivity index is 2.57. The van der Waals surface area contributed by atoms with Crippen LogP contribution in [0.3, 0.4) is 0 Å². The number of aryl methyl sites for hydroxylation is 1. The summed E-state index contributed by atoms with van der Waals surface area (Å²) in [5.41, 5.74) is 1.77. The molecule has 6 nitrogen and oxygen atoms in total. The average molecular weight is 301 g/mol. The molecule has 1 rings (SSSR count). The zero-order valence-corrected chi connectivity index (χ0v) is 12.7. The molecule has 22 heavy (non-hydrogen) atoms. The molecule has 0 saturated carbocycles. The summed E-state index contributed by atoms with van der Waals surface area (Å²) in [5.74, 6) is -2.06. The highest BCUT2D eigenvalue weighted by atomic mass is 16.5. The lowest BCUT2D eigenvalue weighted by Gasteiger charge is -2.08. The van der Waals surface area contributed by atoms with Gasteiger partial charge in [-0.25, -0.2) is 0 Å². The van der Waals surface area contributed by atoms with Gasteiger partial charge in [0.05, 0.1) is 12.7 Å². The highest BCUT2D eigenvalue weighted by Crippen LogP contribution is 2.15. The van der Waals surface area contributed by atoms with E-state index in [1.54, 1.807) is 13.0 Å². The second kappa shape index (κ2) is 9.29. The number of nitriles is 1. The number of rotatable bonds is 7. The van der Waals surface area contributed by atoms with Gasteiger partial charge in [0.2, 0.25) is 5.91 Å². The van der Waals surface area contributed by atoms with Gasteiger partial charge in [-0.1, -0.05) is 25.1 Å². The van der Waals surface area contributed by atoms with Crippen molar-refractivity contribution < 1.29 is 14.3 Å². The monoisotopic (exact) mass is 301 g/mol. The fourth-order valence-corrected chi connectivity index (χ4v) is 1.76. The lowest BCUT2D eigenvalue weighted by atomic mass is 10.1. The second-order valence-electron chi connectivity index (χ2n) is 4.41. The largest absolute Gasteiger partial charge is 0.465 e. The van der Waals surface area contributed by atoms with Crippen LogP contribution in [0.25, 0.3) is 0 Å². The molecule has 0 fully saturated rings. The van der Waals surface area contributed by atoms with Crippen LogP contribution in [-0.2, 0) is 20.7 Å². The zero-order chi connectivity index (χ0) is 16.4. The number of carbonyl (C=O) groups excluding carboxylic acids is 2. The molecular formula is C16H19N3O3. The summed E-state index contributed by atoms with van der Waals surface area (Å²) in [7, 11) is 0. The molecule has 1 aromatic rings. The van der Waals surface area contributed by atoms with E-state index in [9.17, 15) is 9.59 Å². The number of esters is 1. The van der Waals surface area contributed by atoms with Crippen molar-refractivity contribution in [3.63, 3.8) is 0 Å². The number of para-hydroxylation sites is 1. The van der Waals surface area contributed by atoms with Crippen molar-refractivity contribution in [1.29, 1.82) is 5.26 Å². The zero-order valence-electron chi connectivity index (χ0n) is 12.7. The van der Waals surface area contributed by atoms with Crippen LogP contribution in [-0.4, -0.2) is 31.2 Å². The minimum Gasteiger partial charge on any atom is -0.465 e. The van der Waals surface area contributed by atoms with E-state index < -0.39 is 11.9 Å². The Morgan fingerprint density at radius 1 is 1.41 bits per heavy atom. The van der Waals surface area contributed by atoms with Crippen LogP contribution in [0, 0.1) is 17.2 Å². The van der Waals surface area contributed by atoms with Gasteiger partial charge in [0, 0.05) is 11.9 Å². The maximum atomic E-state index is 11.8. The molecule has 1 atom stereocenters. The van der Waals surface area contributed by atoms with Crippen LogP contribution >= 0.6 is 0 Å². The molecule has 0 saturated heterocycles. The summed E-state index contributed by atoms with van der Waals surface area (Å²) in [6.07, 6.45) is 1.95. The maximum Gasteiger partial charge on any atom is 0.328 e. The van der Waals surface area contributed by atoms with Crippen LogP contribution in [0.4, 0.5) is 5.69 Å². The Bertz CT molecular complexity index is 591. The van der Waals surface area contributed by atoms with Crippen molar-refractivity contribution in [3.05, 3.63) is 29.8 Å². The molecule has 0 radical (unpaired) electrons. The van der Waals surface area contributed by atoms with E-state index in [4.69, 9.17) is 10.00 Å². The molecule has 0 aliphatic carbocycles. The van der Waals surface area contributed by atoms with Gasteiger partial charge in [0.15, 0.2) is 5.92 Å². The molecular weight excluding hydrogens is 282 g/mol. The van der Waals surface area contributed by atoms with E-state index in [-0.39, 0.29) is 19.1 Å². The first-order valence-electron chi connectivity index (χ1n) is 7.06. The Labute approximate surface area is 129 Å². The fraction of sp³-hybridized carbons (Fsp3) is 0.375. The maximum absolute atomic E-state index is 11.8. The van der Waals surface area contributed by atoms with Gasteiger partial charge in [0.1, 0.15) is 6.54 Å². The van der Waals surface area contributed by atoms with Crippen LogP contribution < -0.4 is 5.32 Å². The molecule has 0 spiro atoms. The first-order valence-corrected chi connectivity index (χ1v) is 7.06. The van der Waals surface area contributed by atoms with Crippen molar-refractivity contribution in [2.24, 2.45) is 10.9 Å². The van der Waals surface area contributed by atoms with Crippen LogP contribution in [0.15, 0.2) is 29.3 Å². The normalized spacial score (nSPS) is 11.7. The third-order valence-corrected chi connectivity index (χ3v) is 2.84. The van der Waals surface area contributed by atoms with Gasteiger partial charge < -0.3 is 10.1 Å². The van der Waals surface area contributed by atoms with Gasteiger partial charge in [-0.05, 0) is 25.0 Å². The van der Waals surface area contributed by atoms with Crippen molar-refractivity contribution in [2.75, 3.05) is 18.5 Å². The van der Waals surface area contributed by atoms with E-state index >= 15 is 0 Å². The molecule has 6 heteroatoms. The molecule has 0 bridgehead atoms. The lowest BCUT2D eigenvalue weighted by molar-refractivity contribution is -0.143. The van der Waals surface area contributed by atoms with Crippen molar-refractivity contribution in [1.82, 2.24) is 0 Å². The molecule has 0 aliphatic rings. The number of carbonyl (C=O) groups is 2. The molecule has 1 amide bonds. The summed E-state index contributed by atoms with van der Waals surface area (Å²) in [6.45, 7) is 3.69. The minimum atomic E-state index is -1.09. The van der Waals surface area contributed by atoms with Gasteiger partial charge in [-0.2, -0.15) is 5.26 Å². The van der Waals surface area contributed by atoms with Crippen LogP contribution in [0.2, 0.25) is 0 Å². The smallest absolute Gasteiger partial charge is 0.328 e. The number of aliphatic imine (C=N–C) groups is 1. The molecule has 1 unspecified atom stereocenters. The molecule has 1 N–H and O–H groups in total. The standard InChI is InChI=1S/C16H19N3O3/c1-3-12-7-5-6-8-14(12)19-15(20)11-18-10-13(9-17)16(21)22-4-2/h5-8,10,13H,3-4,11H2,1-2H3,(H,19,20). The van der Waals surface area contributed by atoms with Crippen molar-refractivity contribution >= 4 is 23.8 Å². The predicted molar refractivity (Wildman–Crippen MR) is 83.5 cm³/mol. The molecule has 0 aromatic heterocycles. The fourth-order valence-electron chi connectivity index (χ4n) is 1.76. The number of nitrogens with one attached hydrogen (secondary N) is 1. The van der Waals surface area contributed by atoms with Gasteiger partial charge in [0.25, 0.3) is 0 Å². The molecule has 0 heterocycles. The number of ether oxygens (including phenoxy) is 1. The summed E-state index contributed by atoms with van der Waals surface area (Å²) >= 11 is 0. The third-order valence-electron chi connectivity index (χ3n) is 2.84. The quantitative estimate of drug-likeness (QED) is 0.615. The molecule has 1 aromatic carbocycles. The number of nitrogens with zero attached hydrogens (tertiary/aromatic N) is 2. The topological polar surface area (TPSA) is 91.6 Å². The highest BCUT2D eigenvalue weighted by molar-refractivity contribution is 5.96. The summed E-state index contributed by atoms with van der Waals surface area (Å²) < 4.78 is 4.73. The van der Waals surface area contributed by atoms with E-state index in [0.717, 1.165) is 23.9 Å². The SMILES string of the molecule is CCOC(=O)C(C#N)C=NCC(=O)Nc1ccccc1CC. The van der Waals surface area contributed by atoms with Crippen LogP contribution in [0.5, 0.6) is 0 Å². The van der Waals surface area contributed by atoms with Crippen molar-refractivity contribution in [3.8, 4) is 6.07 Å². The molecule has 116 valence electrons. The van der Waals surface area contributed by atoms with E-state index in [0.29, 0.717) is 0 Å². The minimum absolute atomic E-state index is 0.157. The van der Waals surface area contributed by atoms with Crippen molar-refractivity contribution in [2.45, 2.75) is 20.3 Å². The molecule has 0 aliphatic heterocycles. The lowest BCUT2D eigenvalue weighted by Crippen LogP contribution is -2.19. The number of amides is 1. The Kier molecular flexibility index (Phi) is 7.34. The number of benzene rings is 1. The Morgan fingerprint density at radius 3 is 2.77 bits per heavy atom. The number of hydrogen-bond acceptors (Lipinski definition) is 5. The highest BCUT2D eigenvalue weighted by Gasteiger charge is 2.16. The first kappa shape index (κ1) is 17.4. The van der Waals surface area contributed by atoms with Crippen LogP contribution in [0.1, 0.15) is 19.4 Å². The van der Waals surface area contributed by atoms with Gasteiger partial charge in [-0.3, -0.25) is 14.6 Å². The average Bonchev–Trinajstić information content (AvgIpc) is 2.52. The van der Waals surface area contributed by atoms with E-state index in [1.165, 1.54) is 0 Å². The number of anilines is 1. The number of hydrogen-bond donors (Lipinski definition) is 1. The van der Waals surface area contributed by atoms with Gasteiger partial charge in [-0.15, -0.1) is 0 Å². The summed E-state index contributed by atoms with van der Waals surface area (Å²) in [6, 6.07) is 9.27. The predicted octanol–water partition coefficient (Wildman–Crippen LogP) is 1.96. The first-order chi connectivity index (χ1) is 10.6. The Hall–Kier alpha value is -2.68. The van der Waals surface area contributed by atoms with E-state index in [2.05, 4.69) is 10.3 Å². The summed E-state index contributed by atoms with van der Waals surface area (Å²) in [5, 5.41) is 11.6. The Morgan fingerprint density at radius 2 is 2.14 bits per heavy atom. The van der Waals surface area contributed by atoms with Gasteiger partial charge >= 0.3 is 5.97 Å². The summed E-state index contributed by atoms with van der Waals surface area (Å²) in [4.78, 5) is 27.0. The second-order valence-corrected chi connectivity index (χ2v) is 4.41. The van der Waals surface area contributed by atoms with E-state index in [1.807, 2.05) is 31.2 Å².